The summed E-state index contributed by atoms with van der Waals surface area (Å²) in [6.07, 6.45) is 2.11. The van der Waals surface area contributed by atoms with E-state index in [1.54, 1.807) is 21.6 Å². The fraction of sp³-hybridized carbons (Fsp3) is 0.320. The molecule has 1 amide bonds. The van der Waals surface area contributed by atoms with Gasteiger partial charge in [-0.15, -0.1) is 0 Å². The van der Waals surface area contributed by atoms with Crippen molar-refractivity contribution in [2.75, 3.05) is 13.7 Å². The van der Waals surface area contributed by atoms with Gasteiger partial charge in [0.15, 0.2) is 11.6 Å². The van der Waals surface area contributed by atoms with Crippen LogP contribution in [0.1, 0.15) is 41.5 Å². The highest BCUT2D eigenvalue weighted by molar-refractivity contribution is 5.96. The zero-order valence-electron chi connectivity index (χ0n) is 19.1. The Morgan fingerprint density at radius 2 is 1.91 bits per heavy atom. The van der Waals surface area contributed by atoms with Crippen LogP contribution in [0, 0.1) is 17.6 Å². The molecule has 1 aliphatic heterocycles. The minimum Gasteiger partial charge on any atom is -0.465 e. The predicted molar refractivity (Wildman–Crippen MR) is 122 cm³/mol. The number of carbonyl (C=O) groups is 2. The van der Waals surface area contributed by atoms with Crippen LogP contribution in [0.3, 0.4) is 0 Å². The summed E-state index contributed by atoms with van der Waals surface area (Å²) in [5.41, 5.74) is 4.01. The molecule has 1 N–H and O–H groups in total. The highest BCUT2D eigenvalue weighted by Crippen LogP contribution is 2.32. The molecule has 34 heavy (non-hydrogen) atoms. The Balaban J connectivity index is 1.50. The molecule has 4 aromatic rings. The molecule has 7 nitrogen and oxygen atoms in total. The van der Waals surface area contributed by atoms with Crippen molar-refractivity contribution >= 4 is 33.8 Å². The lowest BCUT2D eigenvalue weighted by Crippen LogP contribution is -2.42. The highest BCUT2D eigenvalue weighted by atomic mass is 19.2. The van der Waals surface area contributed by atoms with Crippen molar-refractivity contribution < 1.29 is 23.1 Å². The van der Waals surface area contributed by atoms with Crippen molar-refractivity contribution in [2.24, 2.45) is 5.92 Å². The maximum absolute atomic E-state index is 14.0. The first-order valence-electron chi connectivity index (χ1n) is 11.1. The van der Waals surface area contributed by atoms with Crippen molar-refractivity contribution in [3.05, 3.63) is 65.1 Å². The Morgan fingerprint density at radius 1 is 1.15 bits per heavy atom. The largest absolute Gasteiger partial charge is 0.465 e. The number of esters is 1. The van der Waals surface area contributed by atoms with E-state index in [1.165, 1.54) is 13.4 Å². The molecule has 176 valence electrons. The third-order valence-corrected chi connectivity index (χ3v) is 6.51. The van der Waals surface area contributed by atoms with E-state index in [-0.39, 0.29) is 11.8 Å². The average Bonchev–Trinajstić information content (AvgIpc) is 3.38. The first-order valence-corrected chi connectivity index (χ1v) is 11.1. The van der Waals surface area contributed by atoms with Gasteiger partial charge in [0.1, 0.15) is 6.04 Å². The third kappa shape index (κ3) is 3.52. The lowest BCUT2D eigenvalue weighted by molar-refractivity contribution is -0.137. The Kier molecular flexibility index (Phi) is 5.34. The second-order valence-corrected chi connectivity index (χ2v) is 8.94. The number of hydrogen-bond acceptors (Lipinski definition) is 4. The van der Waals surface area contributed by atoms with Crippen LogP contribution in [0.2, 0.25) is 0 Å². The lowest BCUT2D eigenvalue weighted by atomic mass is 9.98. The second kappa shape index (κ2) is 8.23. The summed E-state index contributed by atoms with van der Waals surface area (Å²) in [5, 5.41) is 0.877. The number of H-pyrrole nitrogens is 1. The molecule has 2 aromatic heterocycles. The van der Waals surface area contributed by atoms with Crippen LogP contribution in [0.25, 0.3) is 21.9 Å². The summed E-state index contributed by atoms with van der Waals surface area (Å²) in [6.45, 7) is 4.72. The number of amides is 1. The molecular weight excluding hydrogens is 442 g/mol. The van der Waals surface area contributed by atoms with Gasteiger partial charge in [-0.1, -0.05) is 13.8 Å². The van der Waals surface area contributed by atoms with Crippen molar-refractivity contribution in [2.45, 2.75) is 32.9 Å². The number of methoxy groups -OCH3 is 1. The fourth-order valence-electron chi connectivity index (χ4n) is 4.80. The van der Waals surface area contributed by atoms with Crippen molar-refractivity contribution in [3.8, 4) is 0 Å². The van der Waals surface area contributed by atoms with Crippen molar-refractivity contribution in [3.63, 3.8) is 0 Å². The van der Waals surface area contributed by atoms with Gasteiger partial charge in [0.05, 0.1) is 30.0 Å². The number of nitrogens with zero attached hydrogens (tertiary/aromatic N) is 3. The second-order valence-electron chi connectivity index (χ2n) is 8.94. The van der Waals surface area contributed by atoms with Gasteiger partial charge in [-0.05, 0) is 24.1 Å². The Hall–Kier alpha value is -3.75. The Labute approximate surface area is 194 Å². The molecule has 0 fully saturated rings. The SMILES string of the molecule is COC(=O)c1ccc2[nH]c3c(c2c1)CN(C(=O)C(C(C)C)n1cnc2cc(F)c(F)cc21)CC3. The van der Waals surface area contributed by atoms with Gasteiger partial charge in [-0.25, -0.2) is 18.6 Å². The van der Waals surface area contributed by atoms with Gasteiger partial charge in [0, 0.05) is 53.8 Å². The standard InChI is InChI=1S/C25H24F2N4O3/c1-13(2)23(31-12-28-21-9-17(26)18(27)10-22(21)31)24(32)30-7-6-20-16(11-30)15-8-14(25(33)34-3)4-5-19(15)29-20/h4-5,8-10,12-13,23,29H,6-7,11H2,1-3H3. The van der Waals surface area contributed by atoms with Crippen molar-refractivity contribution in [1.82, 2.24) is 19.4 Å². The number of aromatic nitrogens is 3. The van der Waals surface area contributed by atoms with Crippen LogP contribution in [-0.4, -0.2) is 45.0 Å². The lowest BCUT2D eigenvalue weighted by Gasteiger charge is -2.33. The summed E-state index contributed by atoms with van der Waals surface area (Å²) in [4.78, 5) is 35.1. The zero-order chi connectivity index (χ0) is 24.1. The molecule has 0 saturated carbocycles. The molecule has 3 heterocycles. The zero-order valence-corrected chi connectivity index (χ0v) is 19.1. The molecule has 0 spiro atoms. The number of halogens is 2. The van der Waals surface area contributed by atoms with Crippen LogP contribution in [0.15, 0.2) is 36.7 Å². The maximum atomic E-state index is 14.0. The first-order chi connectivity index (χ1) is 16.3. The maximum Gasteiger partial charge on any atom is 0.337 e. The van der Waals surface area contributed by atoms with Crippen LogP contribution in [0.5, 0.6) is 0 Å². The predicted octanol–water partition coefficient (Wildman–Crippen LogP) is 4.36. The number of aromatic amines is 1. The highest BCUT2D eigenvalue weighted by Gasteiger charge is 2.33. The minimum absolute atomic E-state index is 0.117. The Bertz CT molecular complexity index is 1440. The number of hydrogen-bond donors (Lipinski definition) is 1. The molecule has 0 saturated heterocycles. The van der Waals surface area contributed by atoms with Gasteiger partial charge < -0.3 is 19.2 Å². The molecule has 0 aliphatic carbocycles. The summed E-state index contributed by atoms with van der Waals surface area (Å²) >= 11 is 0. The van der Waals surface area contributed by atoms with E-state index in [2.05, 4.69) is 9.97 Å². The number of nitrogens with one attached hydrogen (secondary N) is 1. The molecule has 9 heteroatoms. The molecule has 0 bridgehead atoms. The molecule has 1 atom stereocenters. The topological polar surface area (TPSA) is 80.2 Å². The van der Waals surface area contributed by atoms with E-state index in [1.807, 2.05) is 19.9 Å². The average molecular weight is 466 g/mol. The number of rotatable bonds is 4. The van der Waals surface area contributed by atoms with Gasteiger partial charge in [0.2, 0.25) is 5.91 Å². The van der Waals surface area contributed by atoms with Crippen molar-refractivity contribution in [1.29, 1.82) is 0 Å². The quantitative estimate of drug-likeness (QED) is 0.453. The van der Waals surface area contributed by atoms with Gasteiger partial charge >= 0.3 is 5.97 Å². The summed E-state index contributed by atoms with van der Waals surface area (Å²) < 4.78 is 34.1. The third-order valence-electron chi connectivity index (χ3n) is 6.51. The van der Waals surface area contributed by atoms with E-state index >= 15 is 0 Å². The van der Waals surface area contributed by atoms with E-state index in [0.717, 1.165) is 34.3 Å². The van der Waals surface area contributed by atoms with Gasteiger partial charge in [-0.2, -0.15) is 0 Å². The molecule has 2 aromatic carbocycles. The van der Waals surface area contributed by atoms with E-state index in [9.17, 15) is 18.4 Å². The number of fused-ring (bicyclic) bond motifs is 4. The van der Waals surface area contributed by atoms with E-state index in [4.69, 9.17) is 4.74 Å². The van der Waals surface area contributed by atoms with Gasteiger partial charge in [0.25, 0.3) is 0 Å². The summed E-state index contributed by atoms with van der Waals surface area (Å²) in [6, 6.07) is 6.83. The van der Waals surface area contributed by atoms with Crippen LogP contribution in [0.4, 0.5) is 8.78 Å². The first kappa shape index (κ1) is 22.1. The fourth-order valence-corrected chi connectivity index (χ4v) is 4.80. The molecule has 5 rings (SSSR count). The molecule has 1 aliphatic rings. The van der Waals surface area contributed by atoms with E-state index in [0.29, 0.717) is 36.1 Å². The number of ether oxygens (including phenoxy) is 1. The van der Waals surface area contributed by atoms with E-state index < -0.39 is 23.6 Å². The van der Waals surface area contributed by atoms with Crippen LogP contribution >= 0.6 is 0 Å². The van der Waals surface area contributed by atoms with Gasteiger partial charge in [-0.3, -0.25) is 4.79 Å². The molecular formula is C25H24F2N4O3. The minimum atomic E-state index is -0.980. The Morgan fingerprint density at radius 3 is 2.65 bits per heavy atom. The van der Waals surface area contributed by atoms with Crippen LogP contribution < -0.4 is 0 Å². The molecule has 1 unspecified atom stereocenters. The monoisotopic (exact) mass is 466 g/mol. The normalized spacial score (nSPS) is 14.6. The molecule has 0 radical (unpaired) electrons. The smallest absolute Gasteiger partial charge is 0.337 e. The number of benzene rings is 2. The summed E-state index contributed by atoms with van der Waals surface area (Å²) in [5.74, 6) is -2.61. The number of carbonyl (C=O) groups excluding carboxylic acids is 2. The van der Waals surface area contributed by atoms with Crippen LogP contribution in [-0.2, 0) is 22.5 Å². The summed E-state index contributed by atoms with van der Waals surface area (Å²) in [7, 11) is 1.34. The number of imidazole rings is 1.